The Hall–Kier alpha value is -2.99. The Balaban J connectivity index is 0.00000387. The molecule has 0 spiro atoms. The van der Waals surface area contributed by atoms with Crippen LogP contribution in [0.25, 0.3) is 5.69 Å². The standard InChI is InChI=1S/C29H42N8O3.ClH/c1-29(2,31)26(38)34-15-17-35(18-16-34)27(39)32-25-13-14-36(28(40)33-25)22-7-3-20(4-8-22)19-37(24-11-12-24)23-9-5-21(30)6-10-23;/h3-4,7-8,13-14,21,23-24H,5-6,9-12,15-19,30-31H2,1-2H3,(H,32,33,39,40);1H/t21-,23-;. The fourth-order valence-electron chi connectivity index (χ4n) is 5.75. The van der Waals surface area contributed by atoms with Gasteiger partial charge in [0.25, 0.3) is 0 Å². The highest BCUT2D eigenvalue weighted by atomic mass is 35.5. The molecular weight excluding hydrogens is 544 g/mol. The maximum atomic E-state index is 12.8. The van der Waals surface area contributed by atoms with E-state index in [1.165, 1.54) is 35.8 Å². The van der Waals surface area contributed by atoms with Gasteiger partial charge in [0.1, 0.15) is 5.82 Å². The first-order valence-corrected chi connectivity index (χ1v) is 14.4. The molecule has 0 bridgehead atoms. The van der Waals surface area contributed by atoms with Gasteiger partial charge in [-0.2, -0.15) is 4.98 Å². The van der Waals surface area contributed by atoms with E-state index in [1.54, 1.807) is 35.9 Å². The van der Waals surface area contributed by atoms with E-state index in [2.05, 4.69) is 27.3 Å². The number of anilines is 1. The minimum Gasteiger partial charge on any atom is -0.338 e. The van der Waals surface area contributed by atoms with Crippen LogP contribution in [0, 0.1) is 0 Å². The SMILES string of the molecule is CC(C)(N)C(=O)N1CCN(C(=O)Nc2ccn(-c3ccc(CN(C4CC4)[C@H]4CC[C@H](N)CC4)cc3)c(=O)n2)CC1.Cl. The number of amides is 3. The van der Waals surface area contributed by atoms with Crippen molar-refractivity contribution in [2.24, 2.45) is 11.5 Å². The van der Waals surface area contributed by atoms with Crippen LogP contribution in [0.4, 0.5) is 10.6 Å². The smallest absolute Gasteiger partial charge is 0.338 e. The molecule has 1 aliphatic heterocycles. The Kier molecular flexibility index (Phi) is 9.73. The molecular formula is C29H43ClN8O3. The van der Waals surface area contributed by atoms with Crippen LogP contribution in [0.3, 0.4) is 0 Å². The summed E-state index contributed by atoms with van der Waals surface area (Å²) < 4.78 is 1.47. The highest BCUT2D eigenvalue weighted by Crippen LogP contribution is 2.34. The van der Waals surface area contributed by atoms with E-state index in [0.717, 1.165) is 25.1 Å². The van der Waals surface area contributed by atoms with Crippen LogP contribution >= 0.6 is 12.4 Å². The topological polar surface area (TPSA) is 143 Å². The lowest BCUT2D eigenvalue weighted by Gasteiger charge is -2.37. The van der Waals surface area contributed by atoms with Gasteiger partial charge in [0, 0.05) is 57.0 Å². The monoisotopic (exact) mass is 586 g/mol. The highest BCUT2D eigenvalue weighted by molar-refractivity contribution is 5.89. The molecule has 5 N–H and O–H groups in total. The zero-order chi connectivity index (χ0) is 28.4. The third kappa shape index (κ3) is 7.65. The van der Waals surface area contributed by atoms with E-state index in [9.17, 15) is 14.4 Å². The second-order valence-corrected chi connectivity index (χ2v) is 12.0. The summed E-state index contributed by atoms with van der Waals surface area (Å²) in [6.45, 7) is 5.83. The molecule has 41 heavy (non-hydrogen) atoms. The molecule has 5 rings (SSSR count). The Morgan fingerprint density at radius 1 is 0.951 bits per heavy atom. The summed E-state index contributed by atoms with van der Waals surface area (Å²) in [5, 5.41) is 2.71. The van der Waals surface area contributed by atoms with Crippen LogP contribution in [-0.2, 0) is 11.3 Å². The van der Waals surface area contributed by atoms with E-state index in [0.29, 0.717) is 44.3 Å². The van der Waals surface area contributed by atoms with Crippen molar-refractivity contribution in [3.8, 4) is 5.69 Å². The van der Waals surface area contributed by atoms with Gasteiger partial charge in [0.2, 0.25) is 5.91 Å². The number of halogens is 1. The number of hydrogen-bond acceptors (Lipinski definition) is 7. The number of rotatable bonds is 7. The largest absolute Gasteiger partial charge is 0.354 e. The summed E-state index contributed by atoms with van der Waals surface area (Å²) in [5.74, 6) is 0.0530. The minimum atomic E-state index is -0.945. The lowest BCUT2D eigenvalue weighted by Crippen LogP contribution is -2.58. The molecule has 2 heterocycles. The van der Waals surface area contributed by atoms with Crippen molar-refractivity contribution >= 4 is 30.2 Å². The summed E-state index contributed by atoms with van der Waals surface area (Å²) in [6, 6.07) is 10.9. The normalized spacial score (nSPS) is 21.4. The number of benzene rings is 1. The fourth-order valence-corrected chi connectivity index (χ4v) is 5.75. The Bertz CT molecular complexity index is 1260. The predicted octanol–water partition coefficient (Wildman–Crippen LogP) is 2.30. The van der Waals surface area contributed by atoms with Crippen LogP contribution in [0.1, 0.15) is 57.9 Å². The molecule has 11 nitrogen and oxygen atoms in total. The molecule has 2 aromatic rings. The number of nitrogens with two attached hydrogens (primary N) is 2. The summed E-state index contributed by atoms with van der Waals surface area (Å²) in [6.07, 6.45) is 8.71. The fraction of sp³-hybridized carbons (Fsp3) is 0.586. The molecule has 1 saturated heterocycles. The maximum Gasteiger partial charge on any atom is 0.354 e. The van der Waals surface area contributed by atoms with Crippen LogP contribution in [0.2, 0.25) is 0 Å². The molecule has 3 aliphatic rings. The molecule has 0 unspecified atom stereocenters. The summed E-state index contributed by atoms with van der Waals surface area (Å²) >= 11 is 0. The van der Waals surface area contributed by atoms with Gasteiger partial charge in [0.15, 0.2) is 0 Å². The molecule has 224 valence electrons. The summed E-state index contributed by atoms with van der Waals surface area (Å²) in [7, 11) is 0. The minimum absolute atomic E-state index is 0. The van der Waals surface area contributed by atoms with E-state index in [1.807, 2.05) is 12.1 Å². The highest BCUT2D eigenvalue weighted by Gasteiger charge is 2.35. The zero-order valence-electron chi connectivity index (χ0n) is 24.0. The number of aromatic nitrogens is 2. The van der Waals surface area contributed by atoms with Gasteiger partial charge < -0.3 is 21.3 Å². The average molecular weight is 587 g/mol. The second-order valence-electron chi connectivity index (χ2n) is 12.0. The lowest BCUT2D eigenvalue weighted by molar-refractivity contribution is -0.137. The van der Waals surface area contributed by atoms with E-state index in [4.69, 9.17) is 11.5 Å². The maximum absolute atomic E-state index is 12.8. The zero-order valence-corrected chi connectivity index (χ0v) is 24.8. The quantitative estimate of drug-likeness (QED) is 0.452. The Labute approximate surface area is 247 Å². The molecule has 0 radical (unpaired) electrons. The van der Waals surface area contributed by atoms with Gasteiger partial charge in [-0.3, -0.25) is 19.6 Å². The predicted molar refractivity (Wildman–Crippen MR) is 161 cm³/mol. The van der Waals surface area contributed by atoms with Crippen LogP contribution < -0.4 is 22.5 Å². The van der Waals surface area contributed by atoms with Gasteiger partial charge in [-0.1, -0.05) is 12.1 Å². The molecule has 2 saturated carbocycles. The van der Waals surface area contributed by atoms with Crippen LogP contribution in [0.5, 0.6) is 0 Å². The first-order chi connectivity index (χ1) is 19.1. The summed E-state index contributed by atoms with van der Waals surface area (Å²) in [5.41, 5.74) is 12.6. The molecule has 1 aromatic carbocycles. The van der Waals surface area contributed by atoms with Crippen molar-refractivity contribution < 1.29 is 9.59 Å². The van der Waals surface area contributed by atoms with E-state index in [-0.39, 0.29) is 30.2 Å². The lowest BCUT2D eigenvalue weighted by atomic mass is 9.90. The van der Waals surface area contributed by atoms with Crippen molar-refractivity contribution in [1.29, 1.82) is 0 Å². The van der Waals surface area contributed by atoms with Crippen molar-refractivity contribution in [2.45, 2.75) is 82.6 Å². The number of nitrogens with one attached hydrogen (secondary N) is 1. The number of hydrogen-bond donors (Lipinski definition) is 3. The molecule has 1 aromatic heterocycles. The molecule has 2 aliphatic carbocycles. The van der Waals surface area contributed by atoms with E-state index < -0.39 is 11.2 Å². The van der Waals surface area contributed by atoms with Crippen LogP contribution in [-0.4, -0.2) is 86.0 Å². The Morgan fingerprint density at radius 3 is 2.05 bits per heavy atom. The van der Waals surface area contributed by atoms with Gasteiger partial charge in [0.05, 0.1) is 11.2 Å². The van der Waals surface area contributed by atoms with E-state index >= 15 is 0 Å². The van der Waals surface area contributed by atoms with Gasteiger partial charge in [-0.05, 0) is 76.1 Å². The third-order valence-electron chi connectivity index (χ3n) is 8.25. The van der Waals surface area contributed by atoms with Gasteiger partial charge in [-0.15, -0.1) is 12.4 Å². The van der Waals surface area contributed by atoms with Crippen molar-refractivity contribution in [1.82, 2.24) is 24.3 Å². The summed E-state index contributed by atoms with van der Waals surface area (Å²) in [4.78, 5) is 47.9. The van der Waals surface area contributed by atoms with Crippen molar-refractivity contribution in [3.63, 3.8) is 0 Å². The molecule has 3 amide bonds. The number of piperazine rings is 1. The van der Waals surface area contributed by atoms with Gasteiger partial charge in [-0.25, -0.2) is 9.59 Å². The van der Waals surface area contributed by atoms with Crippen molar-refractivity contribution in [2.75, 3.05) is 31.5 Å². The molecule has 3 fully saturated rings. The first kappa shape index (κ1) is 31.0. The number of nitrogens with zero attached hydrogens (tertiary/aromatic N) is 5. The first-order valence-electron chi connectivity index (χ1n) is 14.4. The second kappa shape index (κ2) is 12.9. The third-order valence-corrected chi connectivity index (χ3v) is 8.25. The van der Waals surface area contributed by atoms with Crippen LogP contribution in [0.15, 0.2) is 41.3 Å². The molecule has 12 heteroatoms. The number of urea groups is 1. The average Bonchev–Trinajstić information content (AvgIpc) is 3.78. The van der Waals surface area contributed by atoms with Crippen molar-refractivity contribution in [3.05, 3.63) is 52.6 Å². The van der Waals surface area contributed by atoms with Gasteiger partial charge >= 0.3 is 11.7 Å². The number of carbonyl (C=O) groups excluding carboxylic acids is 2. The Morgan fingerprint density at radius 2 is 1.51 bits per heavy atom. The molecule has 0 atom stereocenters. The number of carbonyl (C=O) groups is 2.